The number of benzene rings is 1. The second kappa shape index (κ2) is 5.71. The summed E-state index contributed by atoms with van der Waals surface area (Å²) in [4.78, 5) is 10.5. The van der Waals surface area contributed by atoms with Gasteiger partial charge in [0.2, 0.25) is 0 Å². The molecule has 0 saturated carbocycles. The standard InChI is InChI=1S/C12H12ClN3O3/c1-19-11-4-3-9(6-10(11)13)16-7-8(14-15-16)2-5-12(17)18/h3-4,6-7H,2,5H2,1H3,(H,17,18). The lowest BCUT2D eigenvalue weighted by atomic mass is 10.2. The summed E-state index contributed by atoms with van der Waals surface area (Å²) in [6.07, 6.45) is 2.06. The predicted molar refractivity (Wildman–Crippen MR) is 68.9 cm³/mol. The quantitative estimate of drug-likeness (QED) is 0.906. The van der Waals surface area contributed by atoms with Crippen LogP contribution in [0.2, 0.25) is 5.02 Å². The average molecular weight is 282 g/mol. The van der Waals surface area contributed by atoms with Crippen LogP contribution >= 0.6 is 11.6 Å². The van der Waals surface area contributed by atoms with E-state index in [4.69, 9.17) is 21.4 Å². The zero-order valence-electron chi connectivity index (χ0n) is 10.2. The average Bonchev–Trinajstić information content (AvgIpc) is 2.85. The fourth-order valence-electron chi connectivity index (χ4n) is 1.57. The molecule has 100 valence electrons. The number of carbonyl (C=O) groups is 1. The van der Waals surface area contributed by atoms with Crippen molar-refractivity contribution in [2.75, 3.05) is 7.11 Å². The molecule has 0 atom stereocenters. The number of methoxy groups -OCH3 is 1. The van der Waals surface area contributed by atoms with Crippen LogP contribution in [-0.4, -0.2) is 33.2 Å². The molecular formula is C12H12ClN3O3. The lowest BCUT2D eigenvalue weighted by Crippen LogP contribution is -1.97. The number of aromatic nitrogens is 3. The van der Waals surface area contributed by atoms with E-state index in [1.165, 1.54) is 0 Å². The maximum atomic E-state index is 10.5. The molecule has 1 N–H and O–H groups in total. The van der Waals surface area contributed by atoms with Gasteiger partial charge in [0, 0.05) is 6.42 Å². The zero-order valence-corrected chi connectivity index (χ0v) is 11.0. The summed E-state index contributed by atoms with van der Waals surface area (Å²) < 4.78 is 6.61. The fraction of sp³-hybridized carbons (Fsp3) is 0.250. The van der Waals surface area contributed by atoms with Crippen molar-refractivity contribution in [1.29, 1.82) is 0 Å². The molecule has 6 nitrogen and oxygen atoms in total. The maximum absolute atomic E-state index is 10.5. The Bertz CT molecular complexity index is 598. The number of rotatable bonds is 5. The van der Waals surface area contributed by atoms with E-state index in [-0.39, 0.29) is 6.42 Å². The number of carboxylic acid groups (broad SMARTS) is 1. The van der Waals surface area contributed by atoms with E-state index in [1.54, 1.807) is 36.2 Å². The van der Waals surface area contributed by atoms with E-state index in [0.717, 1.165) is 5.69 Å². The van der Waals surface area contributed by atoms with Crippen LogP contribution in [0.4, 0.5) is 0 Å². The molecule has 2 aromatic rings. The second-order valence-electron chi connectivity index (χ2n) is 3.87. The minimum Gasteiger partial charge on any atom is -0.495 e. The lowest BCUT2D eigenvalue weighted by Gasteiger charge is -2.05. The lowest BCUT2D eigenvalue weighted by molar-refractivity contribution is -0.136. The number of ether oxygens (including phenoxy) is 1. The van der Waals surface area contributed by atoms with Crippen LogP contribution in [0.5, 0.6) is 5.75 Å². The number of hydrogen-bond acceptors (Lipinski definition) is 4. The first kappa shape index (κ1) is 13.4. The molecule has 0 aliphatic rings. The molecule has 0 aliphatic heterocycles. The Morgan fingerprint density at radius 2 is 2.32 bits per heavy atom. The number of aliphatic carboxylic acids is 1. The minimum absolute atomic E-state index is 0.0298. The van der Waals surface area contributed by atoms with E-state index in [2.05, 4.69) is 10.3 Å². The highest BCUT2D eigenvalue weighted by atomic mass is 35.5. The second-order valence-corrected chi connectivity index (χ2v) is 4.27. The largest absolute Gasteiger partial charge is 0.495 e. The first-order chi connectivity index (χ1) is 9.10. The van der Waals surface area contributed by atoms with Crippen molar-refractivity contribution in [3.05, 3.63) is 35.1 Å². The van der Waals surface area contributed by atoms with Crippen LogP contribution in [0.25, 0.3) is 5.69 Å². The van der Waals surface area contributed by atoms with Gasteiger partial charge in [-0.05, 0) is 18.2 Å². The maximum Gasteiger partial charge on any atom is 0.303 e. The molecule has 0 unspecified atom stereocenters. The van der Waals surface area contributed by atoms with E-state index in [9.17, 15) is 4.79 Å². The van der Waals surface area contributed by atoms with Crippen LogP contribution in [0.1, 0.15) is 12.1 Å². The molecule has 19 heavy (non-hydrogen) atoms. The Morgan fingerprint density at radius 1 is 1.53 bits per heavy atom. The molecule has 1 heterocycles. The third-order valence-electron chi connectivity index (χ3n) is 2.54. The van der Waals surface area contributed by atoms with Crippen molar-refractivity contribution < 1.29 is 14.6 Å². The van der Waals surface area contributed by atoms with E-state index < -0.39 is 5.97 Å². The molecule has 0 fully saturated rings. The molecule has 0 spiro atoms. The first-order valence-electron chi connectivity index (χ1n) is 5.57. The SMILES string of the molecule is COc1ccc(-n2cc(CCC(=O)O)nn2)cc1Cl. The van der Waals surface area contributed by atoms with Crippen LogP contribution in [0.15, 0.2) is 24.4 Å². The van der Waals surface area contributed by atoms with Gasteiger partial charge < -0.3 is 9.84 Å². The van der Waals surface area contributed by atoms with Gasteiger partial charge in [-0.2, -0.15) is 0 Å². The summed E-state index contributed by atoms with van der Waals surface area (Å²) in [5.74, 6) is -0.279. The van der Waals surface area contributed by atoms with Gasteiger partial charge in [-0.3, -0.25) is 4.79 Å². The summed E-state index contributed by atoms with van der Waals surface area (Å²) in [5.41, 5.74) is 1.36. The highest BCUT2D eigenvalue weighted by Gasteiger charge is 2.07. The molecule has 7 heteroatoms. The van der Waals surface area contributed by atoms with Gasteiger partial charge in [-0.1, -0.05) is 16.8 Å². The third kappa shape index (κ3) is 3.23. The number of hydrogen-bond donors (Lipinski definition) is 1. The van der Waals surface area contributed by atoms with Gasteiger partial charge in [-0.25, -0.2) is 4.68 Å². The molecule has 0 aliphatic carbocycles. The van der Waals surface area contributed by atoms with Crippen LogP contribution in [0.3, 0.4) is 0 Å². The number of aryl methyl sites for hydroxylation is 1. The molecular weight excluding hydrogens is 270 g/mol. The van der Waals surface area contributed by atoms with E-state index in [0.29, 0.717) is 22.9 Å². The third-order valence-corrected chi connectivity index (χ3v) is 2.83. The normalized spacial score (nSPS) is 10.4. The molecule has 1 aromatic carbocycles. The van der Waals surface area contributed by atoms with Crippen molar-refractivity contribution in [2.45, 2.75) is 12.8 Å². The summed E-state index contributed by atoms with van der Waals surface area (Å²) in [6.45, 7) is 0. The predicted octanol–water partition coefficient (Wildman–Crippen LogP) is 1.95. The van der Waals surface area contributed by atoms with E-state index >= 15 is 0 Å². The van der Waals surface area contributed by atoms with Gasteiger partial charge in [0.25, 0.3) is 0 Å². The smallest absolute Gasteiger partial charge is 0.303 e. The molecule has 0 bridgehead atoms. The zero-order chi connectivity index (χ0) is 13.8. The summed E-state index contributed by atoms with van der Waals surface area (Å²) in [7, 11) is 1.54. The Balaban J connectivity index is 2.18. The fourth-order valence-corrected chi connectivity index (χ4v) is 1.82. The molecule has 2 rings (SSSR count). The highest BCUT2D eigenvalue weighted by Crippen LogP contribution is 2.26. The van der Waals surface area contributed by atoms with Crippen molar-refractivity contribution in [2.24, 2.45) is 0 Å². The topological polar surface area (TPSA) is 77.2 Å². The highest BCUT2D eigenvalue weighted by molar-refractivity contribution is 6.32. The molecule has 0 radical (unpaired) electrons. The Kier molecular flexibility index (Phi) is 4.01. The van der Waals surface area contributed by atoms with Crippen LogP contribution in [-0.2, 0) is 11.2 Å². The number of nitrogens with zero attached hydrogens (tertiary/aromatic N) is 3. The Morgan fingerprint density at radius 3 is 2.95 bits per heavy atom. The van der Waals surface area contributed by atoms with Crippen LogP contribution in [0, 0.1) is 0 Å². The summed E-state index contributed by atoms with van der Waals surface area (Å²) >= 11 is 6.02. The van der Waals surface area contributed by atoms with Gasteiger partial charge in [0.15, 0.2) is 0 Å². The van der Waals surface area contributed by atoms with E-state index in [1.807, 2.05) is 0 Å². The Labute approximate surface area is 114 Å². The van der Waals surface area contributed by atoms with Crippen molar-refractivity contribution >= 4 is 17.6 Å². The first-order valence-corrected chi connectivity index (χ1v) is 5.95. The Hall–Kier alpha value is -2.08. The van der Waals surface area contributed by atoms with Crippen molar-refractivity contribution in [1.82, 2.24) is 15.0 Å². The van der Waals surface area contributed by atoms with Gasteiger partial charge >= 0.3 is 5.97 Å². The van der Waals surface area contributed by atoms with Gasteiger partial charge in [0.05, 0.1) is 36.1 Å². The van der Waals surface area contributed by atoms with Gasteiger partial charge in [0.1, 0.15) is 5.75 Å². The molecule has 1 aromatic heterocycles. The minimum atomic E-state index is -0.859. The number of carboxylic acids is 1. The summed E-state index contributed by atoms with van der Waals surface area (Å²) in [6, 6.07) is 5.23. The molecule has 0 saturated heterocycles. The van der Waals surface area contributed by atoms with Crippen LogP contribution < -0.4 is 4.74 Å². The van der Waals surface area contributed by atoms with Crippen molar-refractivity contribution in [3.63, 3.8) is 0 Å². The van der Waals surface area contributed by atoms with Gasteiger partial charge in [-0.15, -0.1) is 5.10 Å². The number of halogens is 1. The summed E-state index contributed by atoms with van der Waals surface area (Å²) in [5, 5.41) is 16.9. The molecule has 0 amide bonds. The van der Waals surface area contributed by atoms with Crippen molar-refractivity contribution in [3.8, 4) is 11.4 Å². The monoisotopic (exact) mass is 281 g/mol.